The van der Waals surface area contributed by atoms with Gasteiger partial charge in [0.1, 0.15) is 0 Å². The molecule has 1 heterocycles. The van der Waals surface area contributed by atoms with Crippen molar-refractivity contribution in [1.29, 1.82) is 5.26 Å². The molecule has 1 saturated heterocycles. The fourth-order valence-corrected chi connectivity index (χ4v) is 2.32. The van der Waals surface area contributed by atoms with Crippen molar-refractivity contribution in [3.8, 4) is 6.07 Å². The van der Waals surface area contributed by atoms with Crippen molar-refractivity contribution >= 4 is 0 Å². The minimum absolute atomic E-state index is 0.0552. The van der Waals surface area contributed by atoms with Gasteiger partial charge in [0.25, 0.3) is 0 Å². The molecule has 1 fully saturated rings. The van der Waals surface area contributed by atoms with Crippen LogP contribution in [0.1, 0.15) is 24.9 Å². The Balaban J connectivity index is 2.27. The Bertz CT molecular complexity index is 398. The zero-order chi connectivity index (χ0) is 11.6. The average molecular weight is 216 g/mol. The Labute approximate surface area is 95.7 Å². The van der Waals surface area contributed by atoms with E-state index >= 15 is 0 Å². The highest BCUT2D eigenvalue weighted by Gasteiger charge is 2.42. The summed E-state index contributed by atoms with van der Waals surface area (Å²) < 4.78 is 0. The van der Waals surface area contributed by atoms with Gasteiger partial charge in [-0.15, -0.1) is 0 Å². The molecule has 3 atom stereocenters. The van der Waals surface area contributed by atoms with Crippen LogP contribution in [0.3, 0.4) is 0 Å². The van der Waals surface area contributed by atoms with E-state index in [1.165, 1.54) is 0 Å². The number of benzene rings is 1. The number of nitriles is 1. The van der Waals surface area contributed by atoms with E-state index in [9.17, 15) is 5.11 Å². The molecule has 0 bridgehead atoms. The lowest BCUT2D eigenvalue weighted by atomic mass is 9.76. The second-order valence-corrected chi connectivity index (χ2v) is 4.42. The van der Waals surface area contributed by atoms with Gasteiger partial charge in [-0.3, -0.25) is 0 Å². The standard InChI is InChI=1S/C13H16N2O/c1-10-12(11-5-3-2-4-6-11)15-8-7-13(10,16)9-14/h2-6,10,12,15-16H,7-8H2,1H3/t10-,12-,13-/m0/s1. The third-order valence-corrected chi connectivity index (χ3v) is 3.48. The predicted octanol–water partition coefficient (Wildman–Crippen LogP) is 1.61. The summed E-state index contributed by atoms with van der Waals surface area (Å²) in [5.41, 5.74) is -0.0745. The molecular formula is C13H16N2O. The SMILES string of the molecule is C[C@H]1[C@@H](c2ccccc2)NCC[C@]1(O)C#N. The Morgan fingerprint density at radius 2 is 2.12 bits per heavy atom. The van der Waals surface area contributed by atoms with E-state index in [1.807, 2.05) is 43.3 Å². The molecule has 2 rings (SSSR count). The molecule has 0 saturated carbocycles. The molecule has 1 aliphatic rings. The highest BCUT2D eigenvalue weighted by molar-refractivity contribution is 5.23. The Morgan fingerprint density at radius 3 is 2.75 bits per heavy atom. The van der Waals surface area contributed by atoms with Gasteiger partial charge in [-0.1, -0.05) is 37.3 Å². The van der Waals surface area contributed by atoms with Gasteiger partial charge >= 0.3 is 0 Å². The van der Waals surface area contributed by atoms with Gasteiger partial charge in [-0.25, -0.2) is 0 Å². The topological polar surface area (TPSA) is 56.0 Å². The molecule has 2 N–H and O–H groups in total. The molecule has 1 aromatic carbocycles. The fraction of sp³-hybridized carbons (Fsp3) is 0.462. The molecule has 0 aliphatic carbocycles. The summed E-state index contributed by atoms with van der Waals surface area (Å²) in [7, 11) is 0. The Hall–Kier alpha value is -1.37. The molecular weight excluding hydrogens is 200 g/mol. The van der Waals surface area contributed by atoms with E-state index in [1.54, 1.807) is 0 Å². The Kier molecular flexibility index (Phi) is 2.95. The molecule has 1 aliphatic heterocycles. The first-order valence-corrected chi connectivity index (χ1v) is 5.59. The summed E-state index contributed by atoms with van der Waals surface area (Å²) in [4.78, 5) is 0. The fourth-order valence-electron chi connectivity index (χ4n) is 2.32. The summed E-state index contributed by atoms with van der Waals surface area (Å²) in [5.74, 6) is -0.103. The molecule has 3 heteroatoms. The zero-order valence-electron chi connectivity index (χ0n) is 9.35. The van der Waals surface area contributed by atoms with Crippen LogP contribution in [0, 0.1) is 17.2 Å². The normalized spacial score (nSPS) is 34.3. The van der Waals surface area contributed by atoms with Crippen LogP contribution in [0.4, 0.5) is 0 Å². The highest BCUT2D eigenvalue weighted by atomic mass is 16.3. The summed E-state index contributed by atoms with van der Waals surface area (Å²) in [6.07, 6.45) is 0.494. The van der Waals surface area contributed by atoms with E-state index in [4.69, 9.17) is 5.26 Å². The monoisotopic (exact) mass is 216 g/mol. The van der Waals surface area contributed by atoms with Crippen molar-refractivity contribution in [2.24, 2.45) is 5.92 Å². The minimum atomic E-state index is -1.20. The Morgan fingerprint density at radius 1 is 1.44 bits per heavy atom. The van der Waals surface area contributed by atoms with Crippen molar-refractivity contribution in [2.45, 2.75) is 25.0 Å². The summed E-state index contributed by atoms with van der Waals surface area (Å²) in [6, 6.07) is 12.1. The third kappa shape index (κ3) is 1.82. The van der Waals surface area contributed by atoms with E-state index in [0.29, 0.717) is 13.0 Å². The van der Waals surface area contributed by atoms with Gasteiger partial charge in [-0.2, -0.15) is 5.26 Å². The van der Waals surface area contributed by atoms with Crippen molar-refractivity contribution in [3.05, 3.63) is 35.9 Å². The lowest BCUT2D eigenvalue weighted by Crippen LogP contribution is -2.49. The van der Waals surface area contributed by atoms with E-state index in [0.717, 1.165) is 5.56 Å². The second-order valence-electron chi connectivity index (χ2n) is 4.42. The van der Waals surface area contributed by atoms with Gasteiger partial charge in [0.15, 0.2) is 5.60 Å². The molecule has 0 amide bonds. The molecule has 1 aromatic rings. The van der Waals surface area contributed by atoms with Crippen LogP contribution in [-0.2, 0) is 0 Å². The molecule has 0 radical (unpaired) electrons. The van der Waals surface area contributed by atoms with Crippen molar-refractivity contribution in [1.82, 2.24) is 5.32 Å². The van der Waals surface area contributed by atoms with Crippen LogP contribution >= 0.6 is 0 Å². The predicted molar refractivity (Wildman–Crippen MR) is 61.5 cm³/mol. The van der Waals surface area contributed by atoms with Gasteiger partial charge in [-0.05, 0) is 12.1 Å². The average Bonchev–Trinajstić information content (AvgIpc) is 2.34. The van der Waals surface area contributed by atoms with Gasteiger partial charge in [0, 0.05) is 18.4 Å². The number of hydrogen-bond acceptors (Lipinski definition) is 3. The third-order valence-electron chi connectivity index (χ3n) is 3.48. The maximum absolute atomic E-state index is 10.2. The van der Waals surface area contributed by atoms with E-state index in [-0.39, 0.29) is 12.0 Å². The van der Waals surface area contributed by atoms with Crippen LogP contribution in [-0.4, -0.2) is 17.3 Å². The van der Waals surface area contributed by atoms with Crippen LogP contribution < -0.4 is 5.32 Å². The molecule has 0 aromatic heterocycles. The first kappa shape index (κ1) is 11.1. The molecule has 84 valence electrons. The lowest BCUT2D eigenvalue weighted by molar-refractivity contribution is -0.00372. The van der Waals surface area contributed by atoms with Crippen LogP contribution in [0.15, 0.2) is 30.3 Å². The van der Waals surface area contributed by atoms with E-state index in [2.05, 4.69) is 5.32 Å². The first-order chi connectivity index (χ1) is 7.67. The largest absolute Gasteiger partial charge is 0.375 e. The number of nitrogens with zero attached hydrogens (tertiary/aromatic N) is 1. The summed E-state index contributed by atoms with van der Waals surface area (Å²) >= 11 is 0. The van der Waals surface area contributed by atoms with Gasteiger partial charge in [0.05, 0.1) is 6.07 Å². The summed E-state index contributed by atoms with van der Waals surface area (Å²) in [5, 5.41) is 22.6. The number of nitrogens with one attached hydrogen (secondary N) is 1. The maximum Gasteiger partial charge on any atom is 0.156 e. The van der Waals surface area contributed by atoms with E-state index < -0.39 is 5.60 Å². The minimum Gasteiger partial charge on any atom is -0.375 e. The van der Waals surface area contributed by atoms with Crippen molar-refractivity contribution in [3.63, 3.8) is 0 Å². The zero-order valence-corrected chi connectivity index (χ0v) is 9.35. The highest BCUT2D eigenvalue weighted by Crippen LogP contribution is 2.35. The summed E-state index contributed by atoms with van der Waals surface area (Å²) in [6.45, 7) is 2.60. The second kappa shape index (κ2) is 4.25. The lowest BCUT2D eigenvalue weighted by Gasteiger charge is -2.39. The smallest absolute Gasteiger partial charge is 0.156 e. The molecule has 3 nitrogen and oxygen atoms in total. The van der Waals surface area contributed by atoms with Crippen LogP contribution in [0.25, 0.3) is 0 Å². The van der Waals surface area contributed by atoms with Gasteiger partial charge in [0.2, 0.25) is 0 Å². The molecule has 0 unspecified atom stereocenters. The van der Waals surface area contributed by atoms with Crippen molar-refractivity contribution < 1.29 is 5.11 Å². The molecule has 0 spiro atoms. The molecule has 16 heavy (non-hydrogen) atoms. The first-order valence-electron chi connectivity index (χ1n) is 5.59. The van der Waals surface area contributed by atoms with Crippen LogP contribution in [0.2, 0.25) is 0 Å². The number of aliphatic hydroxyl groups is 1. The van der Waals surface area contributed by atoms with Crippen LogP contribution in [0.5, 0.6) is 0 Å². The number of rotatable bonds is 1. The number of piperidine rings is 1. The maximum atomic E-state index is 10.2. The van der Waals surface area contributed by atoms with Crippen molar-refractivity contribution in [2.75, 3.05) is 6.54 Å². The quantitative estimate of drug-likeness (QED) is 0.701. The number of hydrogen-bond donors (Lipinski definition) is 2. The van der Waals surface area contributed by atoms with Gasteiger partial charge < -0.3 is 10.4 Å².